The van der Waals surface area contributed by atoms with Gasteiger partial charge >= 0.3 is 0 Å². The number of carbonyl (C=O) groups excluding carboxylic acids is 2. The number of carbonyl (C=O) groups is 2. The number of nitrogens with one attached hydrogen (secondary N) is 2. The number of anilines is 1. The average Bonchev–Trinajstić information content (AvgIpc) is 3.23. The third-order valence-corrected chi connectivity index (χ3v) is 5.96. The zero-order valence-corrected chi connectivity index (χ0v) is 21.1. The van der Waals surface area contributed by atoms with Crippen molar-refractivity contribution in [3.63, 3.8) is 0 Å². The molecule has 184 valence electrons. The van der Waals surface area contributed by atoms with E-state index in [4.69, 9.17) is 4.42 Å². The number of amides is 2. The summed E-state index contributed by atoms with van der Waals surface area (Å²) in [5, 5.41) is 5.89. The molecule has 0 saturated heterocycles. The van der Waals surface area contributed by atoms with Crippen LogP contribution in [0.1, 0.15) is 53.7 Å². The Bertz CT molecular complexity index is 1350. The minimum atomic E-state index is -0.173. The number of aromatic nitrogens is 1. The predicted octanol–water partition coefficient (Wildman–Crippen LogP) is 6.06. The number of hydrogen-bond acceptors (Lipinski definition) is 4. The van der Waals surface area contributed by atoms with Crippen molar-refractivity contribution in [1.82, 2.24) is 10.3 Å². The SMILES string of the molecule is Cc1oc(-c2ccccc2NC(=O)Cc2ccccc2)nc1CNC(=O)c1ccc(C(C)(C)C)cc1. The Morgan fingerprint density at radius 3 is 2.25 bits per heavy atom. The van der Waals surface area contributed by atoms with Crippen LogP contribution in [0.4, 0.5) is 5.69 Å². The van der Waals surface area contributed by atoms with E-state index in [0.717, 1.165) is 5.56 Å². The van der Waals surface area contributed by atoms with Gasteiger partial charge in [0.15, 0.2) is 0 Å². The first-order valence-corrected chi connectivity index (χ1v) is 12.0. The van der Waals surface area contributed by atoms with Gasteiger partial charge in [-0.05, 0) is 47.7 Å². The molecule has 1 heterocycles. The molecule has 6 heteroatoms. The van der Waals surface area contributed by atoms with Crippen LogP contribution in [-0.2, 0) is 23.2 Å². The number of aryl methyl sites for hydroxylation is 1. The largest absolute Gasteiger partial charge is 0.441 e. The molecule has 0 aliphatic carbocycles. The van der Waals surface area contributed by atoms with Crippen LogP contribution < -0.4 is 10.6 Å². The van der Waals surface area contributed by atoms with Gasteiger partial charge < -0.3 is 15.1 Å². The maximum absolute atomic E-state index is 12.7. The first-order chi connectivity index (χ1) is 17.2. The van der Waals surface area contributed by atoms with Crippen molar-refractivity contribution >= 4 is 17.5 Å². The number of nitrogens with zero attached hydrogens (tertiary/aromatic N) is 1. The van der Waals surface area contributed by atoms with E-state index in [1.165, 1.54) is 5.56 Å². The van der Waals surface area contributed by atoms with Crippen LogP contribution >= 0.6 is 0 Å². The first-order valence-electron chi connectivity index (χ1n) is 12.0. The fourth-order valence-electron chi connectivity index (χ4n) is 3.85. The van der Waals surface area contributed by atoms with Gasteiger partial charge in [-0.25, -0.2) is 4.98 Å². The zero-order chi connectivity index (χ0) is 25.7. The van der Waals surface area contributed by atoms with Gasteiger partial charge in [-0.15, -0.1) is 0 Å². The van der Waals surface area contributed by atoms with Crippen molar-refractivity contribution in [2.75, 3.05) is 5.32 Å². The molecular formula is C30H31N3O3. The quantitative estimate of drug-likeness (QED) is 0.336. The molecular weight excluding hydrogens is 450 g/mol. The standard InChI is InChI=1S/C30H31N3O3/c1-20-26(19-31-28(35)22-14-16-23(17-15-22)30(2,3)4)33-29(36-20)24-12-8-9-13-25(24)32-27(34)18-21-10-6-5-7-11-21/h5-17H,18-19H2,1-4H3,(H,31,35)(H,32,34). The summed E-state index contributed by atoms with van der Waals surface area (Å²) >= 11 is 0. The van der Waals surface area contributed by atoms with Crippen LogP contribution in [0.25, 0.3) is 11.5 Å². The van der Waals surface area contributed by atoms with E-state index in [-0.39, 0.29) is 30.2 Å². The lowest BCUT2D eigenvalue weighted by Gasteiger charge is -2.19. The average molecular weight is 482 g/mol. The van der Waals surface area contributed by atoms with E-state index in [1.54, 1.807) is 0 Å². The highest BCUT2D eigenvalue weighted by atomic mass is 16.4. The number of oxazole rings is 1. The molecule has 0 saturated carbocycles. The van der Waals surface area contributed by atoms with Crippen LogP contribution in [0.5, 0.6) is 0 Å². The summed E-state index contributed by atoms with van der Waals surface area (Å²) in [5.41, 5.74) is 4.66. The summed E-state index contributed by atoms with van der Waals surface area (Å²) in [7, 11) is 0. The highest BCUT2D eigenvalue weighted by molar-refractivity contribution is 5.96. The minimum Gasteiger partial charge on any atom is -0.441 e. The summed E-state index contributed by atoms with van der Waals surface area (Å²) in [6, 6.07) is 24.6. The molecule has 0 aliphatic rings. The molecule has 2 amide bonds. The summed E-state index contributed by atoms with van der Waals surface area (Å²) in [4.78, 5) is 29.9. The lowest BCUT2D eigenvalue weighted by molar-refractivity contribution is -0.115. The predicted molar refractivity (Wildman–Crippen MR) is 142 cm³/mol. The maximum atomic E-state index is 12.7. The van der Waals surface area contributed by atoms with Crippen molar-refractivity contribution in [2.45, 2.75) is 46.1 Å². The third-order valence-electron chi connectivity index (χ3n) is 5.96. The topological polar surface area (TPSA) is 84.2 Å². The van der Waals surface area contributed by atoms with E-state index < -0.39 is 0 Å². The summed E-state index contributed by atoms with van der Waals surface area (Å²) in [6.07, 6.45) is 0.272. The number of rotatable bonds is 7. The molecule has 36 heavy (non-hydrogen) atoms. The van der Waals surface area contributed by atoms with Crippen LogP contribution in [0.15, 0.2) is 83.3 Å². The van der Waals surface area contributed by atoms with Crippen molar-refractivity contribution in [3.05, 3.63) is 107 Å². The molecule has 1 aromatic heterocycles. The van der Waals surface area contributed by atoms with E-state index in [2.05, 4.69) is 36.4 Å². The Balaban J connectivity index is 1.44. The first kappa shape index (κ1) is 24.9. The van der Waals surface area contributed by atoms with Gasteiger partial charge in [-0.2, -0.15) is 0 Å². The van der Waals surface area contributed by atoms with Crippen molar-refractivity contribution in [3.8, 4) is 11.5 Å². The molecule has 6 nitrogen and oxygen atoms in total. The van der Waals surface area contributed by atoms with Gasteiger partial charge in [0, 0.05) is 5.56 Å². The molecule has 0 unspecified atom stereocenters. The lowest BCUT2D eigenvalue weighted by Crippen LogP contribution is -2.23. The molecule has 3 aromatic carbocycles. The molecule has 0 aliphatic heterocycles. The van der Waals surface area contributed by atoms with E-state index in [9.17, 15) is 9.59 Å². The number of hydrogen-bond donors (Lipinski definition) is 2. The minimum absolute atomic E-state index is 0.0283. The summed E-state index contributed by atoms with van der Waals surface area (Å²) in [5.74, 6) is 0.704. The Kier molecular flexibility index (Phi) is 7.34. The Labute approximate surface area is 211 Å². The van der Waals surface area contributed by atoms with E-state index >= 15 is 0 Å². The van der Waals surface area contributed by atoms with Crippen LogP contribution in [-0.4, -0.2) is 16.8 Å². The van der Waals surface area contributed by atoms with Gasteiger partial charge in [-0.3, -0.25) is 9.59 Å². The molecule has 0 fully saturated rings. The maximum Gasteiger partial charge on any atom is 0.251 e. The van der Waals surface area contributed by atoms with Gasteiger partial charge in [0.25, 0.3) is 5.91 Å². The molecule has 4 rings (SSSR count). The van der Waals surface area contributed by atoms with Gasteiger partial charge in [0.05, 0.1) is 24.2 Å². The van der Waals surface area contributed by atoms with E-state index in [1.807, 2.05) is 85.8 Å². The van der Waals surface area contributed by atoms with Gasteiger partial charge in [0.2, 0.25) is 11.8 Å². The normalized spacial score (nSPS) is 11.2. The molecule has 0 radical (unpaired) electrons. The third kappa shape index (κ3) is 6.08. The van der Waals surface area contributed by atoms with Crippen molar-refractivity contribution in [1.29, 1.82) is 0 Å². The lowest BCUT2D eigenvalue weighted by atomic mass is 9.87. The van der Waals surface area contributed by atoms with E-state index in [0.29, 0.717) is 34.2 Å². The molecule has 0 bridgehead atoms. The summed E-state index contributed by atoms with van der Waals surface area (Å²) < 4.78 is 5.92. The smallest absolute Gasteiger partial charge is 0.251 e. The highest BCUT2D eigenvalue weighted by Crippen LogP contribution is 2.29. The Hall–Kier alpha value is -4.19. The Morgan fingerprint density at radius 1 is 0.889 bits per heavy atom. The zero-order valence-electron chi connectivity index (χ0n) is 21.1. The van der Waals surface area contributed by atoms with Crippen LogP contribution in [0.3, 0.4) is 0 Å². The van der Waals surface area contributed by atoms with Crippen molar-refractivity contribution in [2.24, 2.45) is 0 Å². The molecule has 0 atom stereocenters. The van der Waals surface area contributed by atoms with Crippen molar-refractivity contribution < 1.29 is 14.0 Å². The molecule has 0 spiro atoms. The fraction of sp³-hybridized carbons (Fsp3) is 0.233. The number of para-hydroxylation sites is 1. The fourth-order valence-corrected chi connectivity index (χ4v) is 3.85. The number of benzene rings is 3. The second kappa shape index (κ2) is 10.6. The monoisotopic (exact) mass is 481 g/mol. The van der Waals surface area contributed by atoms with Crippen LogP contribution in [0, 0.1) is 6.92 Å². The van der Waals surface area contributed by atoms with Gasteiger partial charge in [0.1, 0.15) is 11.5 Å². The van der Waals surface area contributed by atoms with Crippen LogP contribution in [0.2, 0.25) is 0 Å². The van der Waals surface area contributed by atoms with Gasteiger partial charge in [-0.1, -0.05) is 75.4 Å². The molecule has 4 aromatic rings. The summed E-state index contributed by atoms with van der Waals surface area (Å²) in [6.45, 7) is 8.46. The second-order valence-electron chi connectivity index (χ2n) is 9.79. The highest BCUT2D eigenvalue weighted by Gasteiger charge is 2.18. The Morgan fingerprint density at radius 2 is 1.56 bits per heavy atom. The molecule has 2 N–H and O–H groups in total. The second-order valence-corrected chi connectivity index (χ2v) is 9.79.